The summed E-state index contributed by atoms with van der Waals surface area (Å²) in [7, 11) is 0. The van der Waals surface area contributed by atoms with Crippen LogP contribution in [0.4, 0.5) is 5.69 Å². The van der Waals surface area contributed by atoms with E-state index in [1.807, 2.05) is 13.8 Å². The van der Waals surface area contributed by atoms with Gasteiger partial charge in [-0.2, -0.15) is 0 Å². The van der Waals surface area contributed by atoms with Gasteiger partial charge in [-0.05, 0) is 38.1 Å². The summed E-state index contributed by atoms with van der Waals surface area (Å²) in [5, 5.41) is 3.69. The third-order valence-corrected chi connectivity index (χ3v) is 4.59. The number of aliphatic imine (C=N–C) groups is 1. The summed E-state index contributed by atoms with van der Waals surface area (Å²) in [5.41, 5.74) is 0.666. The van der Waals surface area contributed by atoms with Crippen LogP contribution in [0.2, 0.25) is 5.02 Å². The minimum Gasteiger partial charge on any atom is -0.326 e. The summed E-state index contributed by atoms with van der Waals surface area (Å²) in [5.74, 6) is -0.243. The molecule has 0 aromatic heterocycles. The van der Waals surface area contributed by atoms with E-state index in [0.29, 0.717) is 29.0 Å². The van der Waals surface area contributed by atoms with Gasteiger partial charge in [-0.15, -0.1) is 0 Å². The molecule has 1 aliphatic heterocycles. The summed E-state index contributed by atoms with van der Waals surface area (Å²) in [6, 6.07) is 6.87. The third-order valence-electron chi connectivity index (χ3n) is 3.13. The van der Waals surface area contributed by atoms with Gasteiger partial charge in [-0.25, -0.2) is 0 Å². The van der Waals surface area contributed by atoms with E-state index in [1.54, 1.807) is 29.2 Å². The van der Waals surface area contributed by atoms with E-state index >= 15 is 0 Å². The summed E-state index contributed by atoms with van der Waals surface area (Å²) < 4.78 is 0. The van der Waals surface area contributed by atoms with E-state index in [0.717, 1.165) is 0 Å². The Morgan fingerprint density at radius 3 is 2.64 bits per heavy atom. The molecule has 1 heterocycles. The highest BCUT2D eigenvalue weighted by Gasteiger charge is 2.37. The molecule has 1 aromatic carbocycles. The number of hydrogen-bond acceptors (Lipinski definition) is 4. The van der Waals surface area contributed by atoms with Crippen LogP contribution in [0.1, 0.15) is 20.3 Å². The van der Waals surface area contributed by atoms with Gasteiger partial charge in [0.15, 0.2) is 5.17 Å². The number of nitrogens with zero attached hydrogens (tertiary/aromatic N) is 2. The van der Waals surface area contributed by atoms with E-state index in [-0.39, 0.29) is 18.2 Å². The van der Waals surface area contributed by atoms with Gasteiger partial charge in [0.1, 0.15) is 5.25 Å². The molecule has 0 bridgehead atoms. The predicted octanol–water partition coefficient (Wildman–Crippen LogP) is 3.01. The maximum Gasteiger partial charge on any atom is 0.242 e. The van der Waals surface area contributed by atoms with E-state index in [2.05, 4.69) is 10.3 Å². The Labute approximate surface area is 139 Å². The summed E-state index contributed by atoms with van der Waals surface area (Å²) in [6.07, 6.45) is 0.130. The Hall–Kier alpha value is -1.53. The predicted molar refractivity (Wildman–Crippen MR) is 91.4 cm³/mol. The molecule has 22 heavy (non-hydrogen) atoms. The highest BCUT2D eigenvalue weighted by atomic mass is 35.5. The Morgan fingerprint density at radius 2 is 2.05 bits per heavy atom. The second-order valence-corrected chi connectivity index (χ2v) is 6.31. The molecule has 0 aliphatic carbocycles. The van der Waals surface area contributed by atoms with Crippen LogP contribution in [-0.4, -0.2) is 40.2 Å². The molecule has 2 amide bonds. The lowest BCUT2D eigenvalue weighted by atomic mass is 10.2. The Balaban J connectivity index is 1.98. The molecule has 1 atom stereocenters. The standard InChI is InChI=1S/C15H18ClN3O2S/c1-3-17-15-19(4-2)14(21)12(22-15)9-13(20)18-11-7-5-10(16)6-8-11/h5-8,12H,3-4,9H2,1-2H3,(H,18,20). The van der Waals surface area contributed by atoms with E-state index in [1.165, 1.54) is 11.8 Å². The second-order valence-electron chi connectivity index (χ2n) is 4.71. The number of nitrogens with one attached hydrogen (secondary N) is 1. The van der Waals surface area contributed by atoms with Crippen molar-refractivity contribution in [3.63, 3.8) is 0 Å². The van der Waals surface area contributed by atoms with Gasteiger partial charge < -0.3 is 5.32 Å². The van der Waals surface area contributed by atoms with Crippen LogP contribution < -0.4 is 5.32 Å². The number of anilines is 1. The average molecular weight is 340 g/mol. The number of carbonyl (C=O) groups is 2. The van der Waals surface area contributed by atoms with Crippen LogP contribution in [-0.2, 0) is 9.59 Å². The van der Waals surface area contributed by atoms with Crippen molar-refractivity contribution in [2.75, 3.05) is 18.4 Å². The number of carbonyl (C=O) groups excluding carboxylic acids is 2. The lowest BCUT2D eigenvalue weighted by Crippen LogP contribution is -2.33. The lowest BCUT2D eigenvalue weighted by Gasteiger charge is -2.13. The fourth-order valence-electron chi connectivity index (χ4n) is 2.10. The molecule has 1 saturated heterocycles. The molecule has 1 aromatic rings. The van der Waals surface area contributed by atoms with E-state index < -0.39 is 5.25 Å². The van der Waals surface area contributed by atoms with E-state index in [4.69, 9.17) is 11.6 Å². The van der Waals surface area contributed by atoms with Gasteiger partial charge in [-0.3, -0.25) is 19.5 Å². The number of amides is 2. The summed E-state index contributed by atoms with van der Waals surface area (Å²) in [6.45, 7) is 5.02. The van der Waals surface area contributed by atoms with Crippen molar-refractivity contribution in [2.24, 2.45) is 4.99 Å². The van der Waals surface area contributed by atoms with Crippen molar-refractivity contribution in [3.8, 4) is 0 Å². The van der Waals surface area contributed by atoms with Crippen molar-refractivity contribution in [2.45, 2.75) is 25.5 Å². The number of thioether (sulfide) groups is 1. The number of halogens is 1. The van der Waals surface area contributed by atoms with Crippen LogP contribution >= 0.6 is 23.4 Å². The first-order valence-electron chi connectivity index (χ1n) is 7.13. The second kappa shape index (κ2) is 7.65. The van der Waals surface area contributed by atoms with Crippen LogP contribution in [0.25, 0.3) is 0 Å². The van der Waals surface area contributed by atoms with Crippen LogP contribution in [0.3, 0.4) is 0 Å². The van der Waals surface area contributed by atoms with Gasteiger partial charge in [0, 0.05) is 30.2 Å². The molecule has 0 saturated carbocycles. The minimum atomic E-state index is -0.405. The highest BCUT2D eigenvalue weighted by Crippen LogP contribution is 2.29. The smallest absolute Gasteiger partial charge is 0.242 e. The van der Waals surface area contributed by atoms with Gasteiger partial charge in [0.25, 0.3) is 0 Å². The number of hydrogen-bond donors (Lipinski definition) is 1. The van der Waals surface area contributed by atoms with Crippen molar-refractivity contribution in [3.05, 3.63) is 29.3 Å². The molecule has 0 radical (unpaired) electrons. The van der Waals surface area contributed by atoms with E-state index in [9.17, 15) is 9.59 Å². The molecule has 5 nitrogen and oxygen atoms in total. The first-order valence-corrected chi connectivity index (χ1v) is 8.38. The van der Waals surface area contributed by atoms with Gasteiger partial charge >= 0.3 is 0 Å². The quantitative estimate of drug-likeness (QED) is 0.897. The SMILES string of the molecule is CCN=C1SC(CC(=O)Nc2ccc(Cl)cc2)C(=O)N1CC. The fraction of sp³-hybridized carbons (Fsp3) is 0.400. The molecule has 118 valence electrons. The minimum absolute atomic E-state index is 0.0500. The Morgan fingerprint density at radius 1 is 1.36 bits per heavy atom. The molecule has 7 heteroatoms. The van der Waals surface area contributed by atoms with Gasteiger partial charge in [0.2, 0.25) is 11.8 Å². The molecule has 1 fully saturated rings. The number of rotatable bonds is 5. The van der Waals surface area contributed by atoms with Crippen molar-refractivity contribution >= 4 is 46.0 Å². The monoisotopic (exact) mass is 339 g/mol. The fourth-order valence-corrected chi connectivity index (χ4v) is 3.49. The molecule has 2 rings (SSSR count). The first kappa shape index (κ1) is 16.8. The lowest BCUT2D eigenvalue weighted by molar-refractivity contribution is -0.128. The number of benzene rings is 1. The summed E-state index contributed by atoms with van der Waals surface area (Å²) >= 11 is 7.16. The zero-order valence-corrected chi connectivity index (χ0v) is 14.1. The topological polar surface area (TPSA) is 61.8 Å². The molecular weight excluding hydrogens is 322 g/mol. The van der Waals surface area contributed by atoms with Gasteiger partial charge in [0.05, 0.1) is 0 Å². The molecule has 1 N–H and O–H groups in total. The average Bonchev–Trinajstić information content (AvgIpc) is 2.77. The van der Waals surface area contributed by atoms with Crippen LogP contribution in [0.15, 0.2) is 29.3 Å². The largest absolute Gasteiger partial charge is 0.326 e. The molecule has 1 aliphatic rings. The number of amidine groups is 1. The zero-order chi connectivity index (χ0) is 16.1. The normalized spacial score (nSPS) is 19.8. The van der Waals surface area contributed by atoms with Crippen LogP contribution in [0.5, 0.6) is 0 Å². The van der Waals surface area contributed by atoms with Crippen molar-refractivity contribution in [1.82, 2.24) is 4.90 Å². The van der Waals surface area contributed by atoms with Crippen LogP contribution in [0, 0.1) is 0 Å². The van der Waals surface area contributed by atoms with Crippen molar-refractivity contribution in [1.29, 1.82) is 0 Å². The Bertz CT molecular complexity index is 589. The summed E-state index contributed by atoms with van der Waals surface area (Å²) in [4.78, 5) is 30.3. The van der Waals surface area contributed by atoms with Gasteiger partial charge in [-0.1, -0.05) is 23.4 Å². The first-order chi connectivity index (χ1) is 10.5. The highest BCUT2D eigenvalue weighted by molar-refractivity contribution is 8.15. The van der Waals surface area contributed by atoms with Crippen molar-refractivity contribution < 1.29 is 9.59 Å². The zero-order valence-electron chi connectivity index (χ0n) is 12.5. The molecular formula is C15H18ClN3O2S. The Kier molecular flexibility index (Phi) is 5.85. The maximum atomic E-state index is 12.3. The maximum absolute atomic E-state index is 12.3. The molecule has 0 spiro atoms. The third kappa shape index (κ3) is 4.01. The molecule has 1 unspecified atom stereocenters.